The molecule has 4 rings (SSSR count). The Morgan fingerprint density at radius 3 is 2.56 bits per heavy atom. The molecule has 10 heteroatoms. The maximum absolute atomic E-state index is 13.2. The normalized spacial score (nSPS) is 15.5. The second-order valence-electron chi connectivity index (χ2n) is 8.30. The first-order valence-corrected chi connectivity index (χ1v) is 10.3. The Morgan fingerprint density at radius 1 is 1.06 bits per heavy atom. The Morgan fingerprint density at radius 2 is 1.84 bits per heavy atom. The van der Waals surface area contributed by atoms with Crippen molar-refractivity contribution in [1.29, 1.82) is 0 Å². The van der Waals surface area contributed by atoms with E-state index in [1.807, 2.05) is 45.0 Å². The third-order valence-electron chi connectivity index (χ3n) is 5.42. The molecular weight excluding hydrogens is 410 g/mol. The summed E-state index contributed by atoms with van der Waals surface area (Å²) in [6.45, 7) is 6.86. The van der Waals surface area contributed by atoms with Gasteiger partial charge in [0.15, 0.2) is 0 Å². The van der Waals surface area contributed by atoms with Gasteiger partial charge in [-0.2, -0.15) is 0 Å². The molecule has 0 unspecified atom stereocenters. The van der Waals surface area contributed by atoms with Crippen molar-refractivity contribution in [2.24, 2.45) is 0 Å². The van der Waals surface area contributed by atoms with Crippen molar-refractivity contribution in [2.45, 2.75) is 26.3 Å². The van der Waals surface area contributed by atoms with Crippen LogP contribution in [-0.2, 0) is 0 Å². The summed E-state index contributed by atoms with van der Waals surface area (Å²) in [6, 6.07) is 12.7. The van der Waals surface area contributed by atoms with E-state index in [1.54, 1.807) is 28.0 Å². The van der Waals surface area contributed by atoms with E-state index in [0.29, 0.717) is 31.2 Å². The lowest BCUT2D eigenvalue weighted by atomic mass is 9.98. The fourth-order valence-corrected chi connectivity index (χ4v) is 3.80. The van der Waals surface area contributed by atoms with E-state index in [0.717, 1.165) is 11.3 Å². The van der Waals surface area contributed by atoms with E-state index >= 15 is 0 Å². The molecule has 2 amide bonds. The highest BCUT2D eigenvalue weighted by Gasteiger charge is 2.40. The quantitative estimate of drug-likeness (QED) is 0.615. The van der Waals surface area contributed by atoms with Crippen LogP contribution >= 0.6 is 0 Å². The molecule has 0 radical (unpaired) electrons. The number of methoxy groups -OCH3 is 1. The molecule has 1 aliphatic heterocycles. The molecule has 0 bridgehead atoms. The molecule has 1 saturated heterocycles. The first-order valence-electron chi connectivity index (χ1n) is 10.3. The van der Waals surface area contributed by atoms with Gasteiger partial charge < -0.3 is 14.5 Å². The molecule has 3 aromatic rings. The zero-order chi connectivity index (χ0) is 22.9. The maximum atomic E-state index is 13.2. The number of carbonyl (C=O) groups excluding carboxylic acids is 2. The lowest BCUT2D eigenvalue weighted by molar-refractivity contribution is 0.0158. The summed E-state index contributed by atoms with van der Waals surface area (Å²) < 4.78 is 5.11. The first-order chi connectivity index (χ1) is 15.3. The number of ether oxygens (including phenoxy) is 1. The van der Waals surface area contributed by atoms with E-state index in [4.69, 9.17) is 4.74 Å². The number of nitrogens with zero attached hydrogens (tertiary/aromatic N) is 7. The summed E-state index contributed by atoms with van der Waals surface area (Å²) in [6.07, 6.45) is 0. The van der Waals surface area contributed by atoms with E-state index in [2.05, 4.69) is 20.4 Å². The van der Waals surface area contributed by atoms with Gasteiger partial charge in [-0.25, -0.2) is 4.98 Å². The number of tetrazole rings is 1. The number of carbonyl (C=O) groups is 2. The Balaban J connectivity index is 1.49. The molecule has 166 valence electrons. The number of hydrogen-bond donors (Lipinski definition) is 0. The summed E-state index contributed by atoms with van der Waals surface area (Å²) in [5.74, 6) is -0.117. The van der Waals surface area contributed by atoms with Crippen LogP contribution in [0.4, 0.5) is 0 Å². The number of aryl methyl sites for hydroxylation is 1. The Hall–Kier alpha value is -3.82. The molecule has 0 aliphatic carbocycles. The van der Waals surface area contributed by atoms with Gasteiger partial charge >= 0.3 is 0 Å². The maximum Gasteiger partial charge on any atom is 0.296 e. The monoisotopic (exact) mass is 435 g/mol. The molecule has 1 aliphatic rings. The van der Waals surface area contributed by atoms with Crippen LogP contribution in [0.3, 0.4) is 0 Å². The van der Waals surface area contributed by atoms with E-state index in [9.17, 15) is 9.59 Å². The van der Waals surface area contributed by atoms with Crippen molar-refractivity contribution in [3.8, 4) is 11.6 Å². The van der Waals surface area contributed by atoms with Crippen LogP contribution in [0.5, 0.6) is 5.88 Å². The number of aromatic nitrogens is 5. The van der Waals surface area contributed by atoms with Crippen LogP contribution in [0.1, 0.15) is 40.5 Å². The van der Waals surface area contributed by atoms with Crippen LogP contribution in [0.2, 0.25) is 0 Å². The van der Waals surface area contributed by atoms with Crippen molar-refractivity contribution in [3.63, 3.8) is 0 Å². The molecular formula is C22H25N7O3. The van der Waals surface area contributed by atoms with Crippen molar-refractivity contribution in [1.82, 2.24) is 35.0 Å². The van der Waals surface area contributed by atoms with Gasteiger partial charge in [0.25, 0.3) is 17.6 Å². The highest BCUT2D eigenvalue weighted by Crippen LogP contribution is 2.24. The minimum atomic E-state index is -0.626. The number of benzene rings is 1. The molecule has 1 fully saturated rings. The van der Waals surface area contributed by atoms with Crippen LogP contribution in [0, 0.1) is 6.92 Å². The molecule has 0 N–H and O–H groups in total. The lowest BCUT2D eigenvalue weighted by Gasteiger charge is -2.46. The molecule has 32 heavy (non-hydrogen) atoms. The summed E-state index contributed by atoms with van der Waals surface area (Å²) in [7, 11) is 1.51. The van der Waals surface area contributed by atoms with Crippen molar-refractivity contribution < 1.29 is 14.3 Å². The average molecular weight is 435 g/mol. The number of amides is 2. The zero-order valence-electron chi connectivity index (χ0n) is 18.5. The number of rotatable bonds is 4. The van der Waals surface area contributed by atoms with Gasteiger partial charge in [0.2, 0.25) is 5.88 Å². The average Bonchev–Trinajstić information content (AvgIpc) is 3.28. The standard InChI is InChI=1S/C22H25N7O3/c1-15-7-5-8-16(13-15)29-25-19(24-26-29)21(31)28-12-11-27(14-22(28,2)3)20(30)17-9-6-10-18(23-17)32-4/h5-10,13H,11-12,14H2,1-4H3. The minimum Gasteiger partial charge on any atom is -0.481 e. The third kappa shape index (κ3) is 4.16. The van der Waals surface area contributed by atoms with E-state index in [1.165, 1.54) is 11.9 Å². The molecule has 1 aromatic carbocycles. The largest absolute Gasteiger partial charge is 0.481 e. The smallest absolute Gasteiger partial charge is 0.296 e. The van der Waals surface area contributed by atoms with E-state index < -0.39 is 5.54 Å². The first kappa shape index (κ1) is 21.4. The van der Waals surface area contributed by atoms with Gasteiger partial charge in [0.1, 0.15) is 5.69 Å². The summed E-state index contributed by atoms with van der Waals surface area (Å²) >= 11 is 0. The molecule has 3 heterocycles. The van der Waals surface area contributed by atoms with Crippen molar-refractivity contribution >= 4 is 11.8 Å². The third-order valence-corrected chi connectivity index (χ3v) is 5.42. The summed E-state index contributed by atoms with van der Waals surface area (Å²) in [5, 5.41) is 12.3. The molecule has 0 spiro atoms. The number of pyridine rings is 1. The second kappa shape index (κ2) is 8.37. The van der Waals surface area contributed by atoms with Gasteiger partial charge in [-0.1, -0.05) is 18.2 Å². The van der Waals surface area contributed by atoms with Gasteiger partial charge in [-0.3, -0.25) is 9.59 Å². The van der Waals surface area contributed by atoms with Crippen LogP contribution in [0.15, 0.2) is 42.5 Å². The second-order valence-corrected chi connectivity index (χ2v) is 8.30. The highest BCUT2D eigenvalue weighted by atomic mass is 16.5. The van der Waals surface area contributed by atoms with Crippen molar-refractivity contribution in [3.05, 3.63) is 59.5 Å². The van der Waals surface area contributed by atoms with Crippen LogP contribution < -0.4 is 4.74 Å². The van der Waals surface area contributed by atoms with Gasteiger partial charge in [-0.05, 0) is 49.7 Å². The molecule has 10 nitrogen and oxygen atoms in total. The Kier molecular flexibility index (Phi) is 5.60. The Bertz CT molecular complexity index is 1160. The SMILES string of the molecule is COc1cccc(C(=O)N2CCN(C(=O)c3nnn(-c4cccc(C)c4)n3)C(C)(C)C2)n1. The van der Waals surface area contributed by atoms with Crippen LogP contribution in [0.25, 0.3) is 5.69 Å². The topological polar surface area (TPSA) is 106 Å². The zero-order valence-corrected chi connectivity index (χ0v) is 18.5. The highest BCUT2D eigenvalue weighted by molar-refractivity contribution is 5.94. The minimum absolute atomic E-state index is 0.0221. The Labute approximate surface area is 185 Å². The molecule has 0 saturated carbocycles. The lowest BCUT2D eigenvalue weighted by Crippen LogP contribution is -2.62. The van der Waals surface area contributed by atoms with Crippen molar-refractivity contribution in [2.75, 3.05) is 26.7 Å². The fourth-order valence-electron chi connectivity index (χ4n) is 3.80. The summed E-state index contributed by atoms with van der Waals surface area (Å²) in [4.78, 5) is 35.1. The predicted octanol–water partition coefficient (Wildman–Crippen LogP) is 1.75. The predicted molar refractivity (Wildman–Crippen MR) is 116 cm³/mol. The number of hydrogen-bond acceptors (Lipinski definition) is 7. The number of piperazine rings is 1. The summed E-state index contributed by atoms with van der Waals surface area (Å²) in [5.41, 5.74) is 1.47. The molecule has 0 atom stereocenters. The van der Waals surface area contributed by atoms with E-state index in [-0.39, 0.29) is 17.6 Å². The van der Waals surface area contributed by atoms with Gasteiger partial charge in [-0.15, -0.1) is 15.0 Å². The fraction of sp³-hybridized carbons (Fsp3) is 0.364. The van der Waals surface area contributed by atoms with Gasteiger partial charge in [0.05, 0.1) is 18.3 Å². The van der Waals surface area contributed by atoms with Crippen LogP contribution in [-0.4, -0.2) is 79.1 Å². The molecule has 2 aromatic heterocycles. The van der Waals surface area contributed by atoms with Gasteiger partial charge in [0, 0.05) is 25.7 Å².